The van der Waals surface area contributed by atoms with E-state index in [1.807, 2.05) is 12.1 Å². The van der Waals surface area contributed by atoms with Gasteiger partial charge in [-0.2, -0.15) is 0 Å². The van der Waals surface area contributed by atoms with Crippen LogP contribution in [0.3, 0.4) is 0 Å². The second-order valence-electron chi connectivity index (χ2n) is 5.07. The summed E-state index contributed by atoms with van der Waals surface area (Å²) in [4.78, 5) is 0. The van der Waals surface area contributed by atoms with Crippen molar-refractivity contribution in [1.82, 2.24) is 10.6 Å². The summed E-state index contributed by atoms with van der Waals surface area (Å²) in [5, 5.41) is 6.74. The smallest absolute Gasteiger partial charge is 0.126 e. The monoisotopic (exact) mass is 266 g/mol. The highest BCUT2D eigenvalue weighted by molar-refractivity contribution is 5.24. The Bertz CT molecular complexity index is 392. The molecule has 106 valence electrons. The summed E-state index contributed by atoms with van der Waals surface area (Å²) >= 11 is 0. The molecular formula is C15H23FN2O. The average molecular weight is 266 g/mol. The first kappa shape index (κ1) is 14.4. The highest BCUT2D eigenvalue weighted by Crippen LogP contribution is 2.09. The van der Waals surface area contributed by atoms with Crippen molar-refractivity contribution >= 4 is 0 Å². The zero-order valence-corrected chi connectivity index (χ0v) is 11.5. The van der Waals surface area contributed by atoms with Gasteiger partial charge in [-0.15, -0.1) is 0 Å². The molecule has 1 saturated heterocycles. The Labute approximate surface area is 114 Å². The molecule has 2 N–H and O–H groups in total. The van der Waals surface area contributed by atoms with E-state index in [2.05, 4.69) is 10.6 Å². The first-order valence-electron chi connectivity index (χ1n) is 7.04. The van der Waals surface area contributed by atoms with Gasteiger partial charge in [0.05, 0.1) is 12.7 Å². The third kappa shape index (κ3) is 4.90. The molecule has 0 radical (unpaired) electrons. The van der Waals surface area contributed by atoms with Gasteiger partial charge >= 0.3 is 0 Å². The molecule has 0 bridgehead atoms. The van der Waals surface area contributed by atoms with Gasteiger partial charge in [-0.3, -0.25) is 0 Å². The first-order chi connectivity index (χ1) is 9.25. The SMILES string of the molecule is Cc1cc(CCNCCC2CNCCO2)ccc1F. The molecule has 1 aromatic rings. The van der Waals surface area contributed by atoms with Crippen LogP contribution in [0.1, 0.15) is 17.5 Å². The van der Waals surface area contributed by atoms with E-state index in [0.717, 1.165) is 51.2 Å². The summed E-state index contributed by atoms with van der Waals surface area (Å²) in [6.45, 7) is 6.43. The number of nitrogens with one attached hydrogen (secondary N) is 2. The van der Waals surface area contributed by atoms with Gasteiger partial charge in [0, 0.05) is 13.1 Å². The number of benzene rings is 1. The van der Waals surface area contributed by atoms with Crippen molar-refractivity contribution in [3.05, 3.63) is 35.1 Å². The van der Waals surface area contributed by atoms with E-state index in [0.29, 0.717) is 6.10 Å². The number of hydrogen-bond acceptors (Lipinski definition) is 3. The molecule has 2 rings (SSSR count). The van der Waals surface area contributed by atoms with Crippen molar-refractivity contribution in [3.8, 4) is 0 Å². The maximum atomic E-state index is 13.1. The van der Waals surface area contributed by atoms with Crippen molar-refractivity contribution in [3.63, 3.8) is 0 Å². The van der Waals surface area contributed by atoms with Gasteiger partial charge in [0.2, 0.25) is 0 Å². The Balaban J connectivity index is 1.59. The van der Waals surface area contributed by atoms with E-state index in [4.69, 9.17) is 4.74 Å². The number of halogens is 1. The van der Waals surface area contributed by atoms with Crippen LogP contribution >= 0.6 is 0 Å². The zero-order valence-electron chi connectivity index (χ0n) is 11.5. The molecule has 1 atom stereocenters. The molecule has 1 unspecified atom stereocenters. The van der Waals surface area contributed by atoms with Gasteiger partial charge in [0.1, 0.15) is 5.82 Å². The summed E-state index contributed by atoms with van der Waals surface area (Å²) in [6, 6.07) is 5.33. The Kier molecular flexibility index (Phi) is 5.76. The van der Waals surface area contributed by atoms with Crippen LogP contribution in [0.15, 0.2) is 18.2 Å². The fourth-order valence-corrected chi connectivity index (χ4v) is 2.29. The average Bonchev–Trinajstić information content (AvgIpc) is 2.43. The Hall–Kier alpha value is -0.970. The summed E-state index contributed by atoms with van der Waals surface area (Å²) in [5.74, 6) is -0.126. The lowest BCUT2D eigenvalue weighted by atomic mass is 10.1. The molecule has 0 spiro atoms. The van der Waals surface area contributed by atoms with Crippen molar-refractivity contribution < 1.29 is 9.13 Å². The Morgan fingerprint density at radius 1 is 1.42 bits per heavy atom. The first-order valence-corrected chi connectivity index (χ1v) is 7.04. The molecule has 3 nitrogen and oxygen atoms in total. The van der Waals surface area contributed by atoms with Crippen LogP contribution in [0.5, 0.6) is 0 Å². The number of hydrogen-bond donors (Lipinski definition) is 2. The van der Waals surface area contributed by atoms with E-state index in [1.54, 1.807) is 13.0 Å². The summed E-state index contributed by atoms with van der Waals surface area (Å²) < 4.78 is 18.7. The summed E-state index contributed by atoms with van der Waals surface area (Å²) in [6.07, 6.45) is 2.31. The second kappa shape index (κ2) is 7.58. The van der Waals surface area contributed by atoms with Crippen LogP contribution in [0.2, 0.25) is 0 Å². The van der Waals surface area contributed by atoms with E-state index < -0.39 is 0 Å². The van der Waals surface area contributed by atoms with Crippen LogP contribution < -0.4 is 10.6 Å². The van der Waals surface area contributed by atoms with E-state index in [-0.39, 0.29) is 5.82 Å². The van der Waals surface area contributed by atoms with E-state index >= 15 is 0 Å². The molecule has 4 heteroatoms. The lowest BCUT2D eigenvalue weighted by molar-refractivity contribution is 0.0239. The molecule has 1 aliphatic rings. The molecule has 0 aromatic heterocycles. The Morgan fingerprint density at radius 2 is 2.32 bits per heavy atom. The van der Waals surface area contributed by atoms with Crippen LogP contribution in [-0.2, 0) is 11.2 Å². The molecule has 19 heavy (non-hydrogen) atoms. The van der Waals surface area contributed by atoms with Crippen molar-refractivity contribution in [2.75, 3.05) is 32.8 Å². The number of aryl methyl sites for hydroxylation is 1. The fraction of sp³-hybridized carbons (Fsp3) is 0.600. The topological polar surface area (TPSA) is 33.3 Å². The maximum Gasteiger partial charge on any atom is 0.126 e. The van der Waals surface area contributed by atoms with Crippen LogP contribution in [0.25, 0.3) is 0 Å². The number of ether oxygens (including phenoxy) is 1. The predicted molar refractivity (Wildman–Crippen MR) is 74.9 cm³/mol. The lowest BCUT2D eigenvalue weighted by Crippen LogP contribution is -2.40. The number of morpholine rings is 1. The van der Waals surface area contributed by atoms with Gasteiger partial charge in [0.15, 0.2) is 0 Å². The molecule has 0 amide bonds. The molecule has 1 aliphatic heterocycles. The van der Waals surface area contributed by atoms with Crippen LogP contribution in [0, 0.1) is 12.7 Å². The minimum Gasteiger partial charge on any atom is -0.376 e. The van der Waals surface area contributed by atoms with Crippen molar-refractivity contribution in [1.29, 1.82) is 0 Å². The molecule has 0 aliphatic carbocycles. The quantitative estimate of drug-likeness (QED) is 0.768. The third-order valence-corrected chi connectivity index (χ3v) is 3.46. The second-order valence-corrected chi connectivity index (χ2v) is 5.07. The summed E-state index contributed by atoms with van der Waals surface area (Å²) in [5.41, 5.74) is 1.90. The van der Waals surface area contributed by atoms with Gasteiger partial charge < -0.3 is 15.4 Å². The van der Waals surface area contributed by atoms with Crippen molar-refractivity contribution in [2.24, 2.45) is 0 Å². The number of rotatable bonds is 6. The Morgan fingerprint density at radius 3 is 3.05 bits per heavy atom. The lowest BCUT2D eigenvalue weighted by Gasteiger charge is -2.23. The van der Waals surface area contributed by atoms with Gasteiger partial charge in [-0.25, -0.2) is 4.39 Å². The zero-order chi connectivity index (χ0) is 13.5. The van der Waals surface area contributed by atoms with Crippen LogP contribution in [-0.4, -0.2) is 38.9 Å². The van der Waals surface area contributed by atoms with Gasteiger partial charge in [-0.1, -0.05) is 12.1 Å². The standard InChI is InChI=1S/C15H23FN2O/c1-12-10-13(2-3-15(12)16)4-6-17-7-5-14-11-18-8-9-19-14/h2-3,10,14,17-18H,4-9,11H2,1H3. The molecular weight excluding hydrogens is 243 g/mol. The van der Waals surface area contributed by atoms with Gasteiger partial charge in [0.25, 0.3) is 0 Å². The largest absolute Gasteiger partial charge is 0.376 e. The highest BCUT2D eigenvalue weighted by atomic mass is 19.1. The minimum atomic E-state index is -0.126. The fourth-order valence-electron chi connectivity index (χ4n) is 2.29. The third-order valence-electron chi connectivity index (χ3n) is 3.46. The van der Waals surface area contributed by atoms with Gasteiger partial charge in [-0.05, 0) is 50.0 Å². The minimum absolute atomic E-state index is 0.126. The molecule has 0 saturated carbocycles. The van der Waals surface area contributed by atoms with Crippen molar-refractivity contribution in [2.45, 2.75) is 25.9 Å². The normalized spacial score (nSPS) is 19.6. The molecule has 1 fully saturated rings. The van der Waals surface area contributed by atoms with E-state index in [9.17, 15) is 4.39 Å². The predicted octanol–water partition coefficient (Wildman–Crippen LogP) is 1.64. The van der Waals surface area contributed by atoms with Crippen LogP contribution in [0.4, 0.5) is 4.39 Å². The maximum absolute atomic E-state index is 13.1. The molecule has 1 aromatic carbocycles. The summed E-state index contributed by atoms with van der Waals surface area (Å²) in [7, 11) is 0. The highest BCUT2D eigenvalue weighted by Gasteiger charge is 2.11. The molecule has 1 heterocycles. The van der Waals surface area contributed by atoms with E-state index in [1.165, 1.54) is 5.56 Å².